The highest BCUT2D eigenvalue weighted by atomic mass is 16.5. The lowest BCUT2D eigenvalue weighted by atomic mass is 9.93. The quantitative estimate of drug-likeness (QED) is 0.509. The zero-order chi connectivity index (χ0) is 22.6. The Balaban J connectivity index is 2.03. The molecule has 1 atom stereocenters. The smallest absolute Gasteiger partial charge is 0.358 e. The van der Waals surface area contributed by atoms with Gasteiger partial charge in [0, 0.05) is 32.0 Å². The molecular weight excluding hydrogens is 400 g/mol. The van der Waals surface area contributed by atoms with Crippen molar-refractivity contribution in [2.75, 3.05) is 31.8 Å². The Morgan fingerprint density at radius 2 is 2.03 bits per heavy atom. The number of hydrogen-bond acceptors (Lipinski definition) is 6. The first-order valence-electron chi connectivity index (χ1n) is 10.3. The van der Waals surface area contributed by atoms with E-state index in [1.54, 1.807) is 21.0 Å². The summed E-state index contributed by atoms with van der Waals surface area (Å²) in [6.07, 6.45) is 0.649. The van der Waals surface area contributed by atoms with Gasteiger partial charge in [-0.1, -0.05) is 18.2 Å². The number of rotatable bonds is 8. The second-order valence-corrected chi connectivity index (χ2v) is 7.60. The van der Waals surface area contributed by atoms with Crippen molar-refractivity contribution in [1.82, 2.24) is 15.1 Å². The van der Waals surface area contributed by atoms with E-state index in [9.17, 15) is 14.4 Å². The van der Waals surface area contributed by atoms with E-state index in [-0.39, 0.29) is 30.4 Å². The minimum atomic E-state index is -1.25. The van der Waals surface area contributed by atoms with Gasteiger partial charge in [-0.05, 0) is 38.8 Å². The van der Waals surface area contributed by atoms with Crippen LogP contribution in [0.25, 0.3) is 0 Å². The molecule has 1 aromatic carbocycles. The molecule has 0 saturated carbocycles. The maximum Gasteiger partial charge on any atom is 0.358 e. The van der Waals surface area contributed by atoms with Crippen molar-refractivity contribution >= 4 is 23.5 Å². The molecular formula is C22H28N4O5. The van der Waals surface area contributed by atoms with Crippen LogP contribution in [-0.4, -0.2) is 60.0 Å². The van der Waals surface area contributed by atoms with Gasteiger partial charge in [-0.25, -0.2) is 4.79 Å². The zero-order valence-corrected chi connectivity index (χ0v) is 18.3. The number of carbonyl (C=O) groups excluding carboxylic acids is 3. The third kappa shape index (κ3) is 4.32. The molecule has 0 radical (unpaired) electrons. The van der Waals surface area contributed by atoms with Crippen molar-refractivity contribution in [3.63, 3.8) is 0 Å². The van der Waals surface area contributed by atoms with Crippen LogP contribution in [0.4, 0.5) is 5.69 Å². The lowest BCUT2D eigenvalue weighted by Gasteiger charge is -2.43. The number of ether oxygens (including phenoxy) is 2. The second-order valence-electron chi connectivity index (χ2n) is 7.60. The van der Waals surface area contributed by atoms with E-state index in [0.717, 1.165) is 5.56 Å². The number of aromatic nitrogens is 2. The predicted octanol–water partition coefficient (Wildman–Crippen LogP) is 1.94. The molecule has 31 heavy (non-hydrogen) atoms. The van der Waals surface area contributed by atoms with Gasteiger partial charge in [0.2, 0.25) is 5.91 Å². The summed E-state index contributed by atoms with van der Waals surface area (Å²) in [5.74, 6) is -1.32. The fourth-order valence-electron chi connectivity index (χ4n) is 3.69. The largest absolute Gasteiger partial charge is 0.461 e. The molecule has 0 saturated heterocycles. The molecule has 0 aliphatic carbocycles. The lowest BCUT2D eigenvalue weighted by Crippen LogP contribution is -2.64. The molecule has 9 nitrogen and oxygen atoms in total. The summed E-state index contributed by atoms with van der Waals surface area (Å²) in [6.45, 7) is 6.52. The van der Waals surface area contributed by atoms with Crippen LogP contribution in [0.1, 0.15) is 46.8 Å². The van der Waals surface area contributed by atoms with E-state index in [0.29, 0.717) is 25.3 Å². The highest BCUT2D eigenvalue weighted by Gasteiger charge is 2.49. The fraction of sp³-hybridized carbons (Fsp3) is 0.455. The van der Waals surface area contributed by atoms with E-state index in [1.165, 1.54) is 15.6 Å². The van der Waals surface area contributed by atoms with Gasteiger partial charge in [-0.15, -0.1) is 0 Å². The molecule has 1 unspecified atom stereocenters. The summed E-state index contributed by atoms with van der Waals surface area (Å²) < 4.78 is 11.5. The number of amides is 2. The van der Waals surface area contributed by atoms with E-state index in [2.05, 4.69) is 10.4 Å². The zero-order valence-electron chi connectivity index (χ0n) is 18.3. The molecule has 1 aromatic heterocycles. The van der Waals surface area contributed by atoms with Crippen molar-refractivity contribution in [3.05, 3.63) is 47.3 Å². The molecule has 2 aromatic rings. The van der Waals surface area contributed by atoms with E-state index >= 15 is 0 Å². The normalized spacial score (nSPS) is 17.9. The van der Waals surface area contributed by atoms with E-state index in [1.807, 2.05) is 31.2 Å². The number of anilines is 1. The van der Waals surface area contributed by atoms with Gasteiger partial charge in [0.15, 0.2) is 5.69 Å². The number of carbonyl (C=O) groups is 3. The van der Waals surface area contributed by atoms with Crippen LogP contribution < -0.4 is 10.2 Å². The Labute approximate surface area is 181 Å². The Morgan fingerprint density at radius 1 is 1.29 bits per heavy atom. The molecule has 9 heteroatoms. The number of nitrogens with one attached hydrogen (secondary N) is 1. The lowest BCUT2D eigenvalue weighted by molar-refractivity contribution is -0.126. The number of methoxy groups -OCH3 is 1. The Hall–Kier alpha value is -3.20. The molecule has 166 valence electrons. The molecule has 0 fully saturated rings. The number of hydrogen-bond donors (Lipinski definition) is 1. The number of esters is 1. The maximum atomic E-state index is 13.6. The van der Waals surface area contributed by atoms with Crippen LogP contribution in [0.15, 0.2) is 30.3 Å². The van der Waals surface area contributed by atoms with E-state index < -0.39 is 17.4 Å². The molecule has 0 spiro atoms. The van der Waals surface area contributed by atoms with Gasteiger partial charge in [0.05, 0.1) is 13.2 Å². The second kappa shape index (κ2) is 9.30. The molecule has 1 aliphatic heterocycles. The summed E-state index contributed by atoms with van der Waals surface area (Å²) in [5.41, 5.74) is 0.511. The summed E-state index contributed by atoms with van der Waals surface area (Å²) in [5, 5.41) is 7.16. The summed E-state index contributed by atoms with van der Waals surface area (Å²) in [6, 6.07) is 8.81. The fourth-order valence-corrected chi connectivity index (χ4v) is 3.69. The van der Waals surface area contributed by atoms with Crippen LogP contribution in [-0.2, 0) is 20.8 Å². The highest BCUT2D eigenvalue weighted by Crippen LogP contribution is 2.34. The third-order valence-electron chi connectivity index (χ3n) is 5.29. The molecule has 2 heterocycles. The van der Waals surface area contributed by atoms with Crippen molar-refractivity contribution in [1.29, 1.82) is 0 Å². The van der Waals surface area contributed by atoms with Crippen molar-refractivity contribution in [2.24, 2.45) is 0 Å². The Kier molecular flexibility index (Phi) is 6.74. The number of para-hydroxylation sites is 1. The molecule has 2 amide bonds. The average molecular weight is 428 g/mol. The first kappa shape index (κ1) is 22.5. The predicted molar refractivity (Wildman–Crippen MR) is 114 cm³/mol. The number of benzene rings is 1. The van der Waals surface area contributed by atoms with Crippen LogP contribution in [0.2, 0.25) is 0 Å². The molecule has 3 rings (SSSR count). The monoisotopic (exact) mass is 428 g/mol. The topological polar surface area (TPSA) is 103 Å². The minimum absolute atomic E-state index is 0.0414. The van der Waals surface area contributed by atoms with Crippen molar-refractivity contribution in [3.8, 4) is 0 Å². The van der Waals surface area contributed by atoms with Gasteiger partial charge in [-0.3, -0.25) is 19.2 Å². The van der Waals surface area contributed by atoms with Gasteiger partial charge in [0.25, 0.3) is 5.91 Å². The summed E-state index contributed by atoms with van der Waals surface area (Å²) in [7, 11) is 1.60. The molecule has 1 aliphatic rings. The van der Waals surface area contributed by atoms with Gasteiger partial charge in [-0.2, -0.15) is 5.10 Å². The minimum Gasteiger partial charge on any atom is -0.461 e. The number of aryl methyl sites for hydroxylation is 1. The van der Waals surface area contributed by atoms with Crippen LogP contribution >= 0.6 is 0 Å². The van der Waals surface area contributed by atoms with E-state index in [4.69, 9.17) is 9.47 Å². The first-order chi connectivity index (χ1) is 14.8. The molecule has 1 N–H and O–H groups in total. The first-order valence-corrected chi connectivity index (χ1v) is 10.3. The maximum absolute atomic E-state index is 13.6. The standard InChI is InChI=1S/C22H28N4O5/c1-5-31-20(28)16-13-18-19(27)26(17-10-7-6-9-15(17)2)22(3,14-25(18)24-16)21(29)23-11-8-12-30-4/h6-7,9-10,13H,5,8,11-12,14H2,1-4H3,(H,23,29). The Morgan fingerprint density at radius 3 is 2.71 bits per heavy atom. The SMILES string of the molecule is CCOC(=O)c1cc2n(n1)CC(C)(C(=O)NCCCOC)N(c1ccccc1C)C2=O. The number of fused-ring (bicyclic) bond motifs is 1. The van der Waals surface area contributed by atoms with Gasteiger partial charge in [0.1, 0.15) is 11.2 Å². The van der Waals surface area contributed by atoms with Crippen LogP contribution in [0, 0.1) is 6.92 Å². The van der Waals surface area contributed by atoms with Crippen molar-refractivity contribution in [2.45, 2.75) is 39.3 Å². The van der Waals surface area contributed by atoms with Crippen LogP contribution in [0.5, 0.6) is 0 Å². The third-order valence-corrected chi connectivity index (χ3v) is 5.29. The number of nitrogens with zero attached hydrogens (tertiary/aromatic N) is 3. The van der Waals surface area contributed by atoms with Crippen LogP contribution in [0.3, 0.4) is 0 Å². The Bertz CT molecular complexity index is 986. The van der Waals surface area contributed by atoms with Crippen molar-refractivity contribution < 1.29 is 23.9 Å². The average Bonchev–Trinajstić information content (AvgIpc) is 3.16. The van der Waals surface area contributed by atoms with Gasteiger partial charge >= 0.3 is 5.97 Å². The highest BCUT2D eigenvalue weighted by molar-refractivity contribution is 6.12. The summed E-state index contributed by atoms with van der Waals surface area (Å²) in [4.78, 5) is 40.5. The van der Waals surface area contributed by atoms with Gasteiger partial charge < -0.3 is 14.8 Å². The summed E-state index contributed by atoms with van der Waals surface area (Å²) >= 11 is 0. The molecule has 0 bridgehead atoms.